The summed E-state index contributed by atoms with van der Waals surface area (Å²) in [5.74, 6) is 0.824. The minimum absolute atomic E-state index is 0.00940. The average Bonchev–Trinajstić information content (AvgIpc) is 2.86. The first-order valence-corrected chi connectivity index (χ1v) is 6.30. The Bertz CT molecular complexity index is 199. The van der Waals surface area contributed by atoms with Crippen LogP contribution in [-0.4, -0.2) is 31.7 Å². The number of hydrogen-bond donors (Lipinski definition) is 0. The molecule has 0 aromatic rings. The molecule has 0 aromatic carbocycles. The third-order valence-corrected chi connectivity index (χ3v) is 3.92. The lowest BCUT2D eigenvalue weighted by Crippen LogP contribution is -2.21. The van der Waals surface area contributed by atoms with Gasteiger partial charge in [-0.2, -0.15) is 0 Å². The molecule has 1 aliphatic carbocycles. The van der Waals surface area contributed by atoms with E-state index in [4.69, 9.17) is 14.2 Å². The van der Waals surface area contributed by atoms with Crippen LogP contribution in [0.2, 0.25) is 0 Å². The zero-order valence-electron chi connectivity index (χ0n) is 9.19. The van der Waals surface area contributed by atoms with E-state index in [-0.39, 0.29) is 6.29 Å². The third-order valence-electron chi connectivity index (χ3n) is 3.92. The van der Waals surface area contributed by atoms with Gasteiger partial charge in [0.1, 0.15) is 0 Å². The number of fused-ring (bicyclic) bond motifs is 1. The molecule has 86 valence electrons. The molecule has 3 aliphatic rings. The van der Waals surface area contributed by atoms with Crippen molar-refractivity contribution in [1.29, 1.82) is 0 Å². The maximum absolute atomic E-state index is 6.07. The first-order valence-electron chi connectivity index (χ1n) is 6.30. The van der Waals surface area contributed by atoms with Gasteiger partial charge < -0.3 is 14.2 Å². The second-order valence-electron chi connectivity index (χ2n) is 4.98. The summed E-state index contributed by atoms with van der Waals surface area (Å²) in [6, 6.07) is 0. The Morgan fingerprint density at radius 1 is 1.00 bits per heavy atom. The van der Waals surface area contributed by atoms with E-state index < -0.39 is 0 Å². The van der Waals surface area contributed by atoms with Gasteiger partial charge in [-0.05, 0) is 25.2 Å². The smallest absolute Gasteiger partial charge is 0.160 e. The lowest BCUT2D eigenvalue weighted by atomic mass is 9.85. The number of hydrogen-bond acceptors (Lipinski definition) is 3. The maximum Gasteiger partial charge on any atom is 0.160 e. The molecule has 0 bridgehead atoms. The Balaban J connectivity index is 1.51. The van der Waals surface area contributed by atoms with Crippen LogP contribution in [0, 0.1) is 5.92 Å². The Labute approximate surface area is 91.1 Å². The molecule has 0 aromatic heterocycles. The molecular formula is C12H20O3. The van der Waals surface area contributed by atoms with Crippen molar-refractivity contribution >= 4 is 0 Å². The van der Waals surface area contributed by atoms with Crippen LogP contribution in [0.25, 0.3) is 0 Å². The van der Waals surface area contributed by atoms with Crippen LogP contribution in [0.1, 0.15) is 38.5 Å². The van der Waals surface area contributed by atoms with Crippen molar-refractivity contribution in [2.45, 2.75) is 57.0 Å². The van der Waals surface area contributed by atoms with Crippen molar-refractivity contribution < 1.29 is 14.2 Å². The van der Waals surface area contributed by atoms with E-state index in [0.29, 0.717) is 12.2 Å². The summed E-state index contributed by atoms with van der Waals surface area (Å²) in [5.41, 5.74) is 0. The van der Waals surface area contributed by atoms with Crippen molar-refractivity contribution in [2.75, 3.05) is 13.2 Å². The highest BCUT2D eigenvalue weighted by atomic mass is 16.7. The molecule has 2 heterocycles. The van der Waals surface area contributed by atoms with Crippen LogP contribution >= 0.6 is 0 Å². The van der Waals surface area contributed by atoms with Crippen LogP contribution in [-0.2, 0) is 14.2 Å². The van der Waals surface area contributed by atoms with Crippen LogP contribution < -0.4 is 0 Å². The molecule has 1 saturated carbocycles. The Morgan fingerprint density at radius 3 is 2.60 bits per heavy atom. The van der Waals surface area contributed by atoms with E-state index in [1.807, 2.05) is 0 Å². The molecule has 0 radical (unpaired) electrons. The van der Waals surface area contributed by atoms with Gasteiger partial charge in [0.05, 0.1) is 25.4 Å². The predicted molar refractivity (Wildman–Crippen MR) is 55.5 cm³/mol. The monoisotopic (exact) mass is 212 g/mol. The second kappa shape index (κ2) is 4.40. The first kappa shape index (κ1) is 10.1. The zero-order chi connectivity index (χ0) is 10.1. The SMILES string of the molecule is C1CC[C@H]2OC(CC3OCCO3)C[C@@H]2C1. The van der Waals surface area contributed by atoms with E-state index in [1.165, 1.54) is 32.1 Å². The molecule has 3 rings (SSSR count). The Kier molecular flexibility index (Phi) is 2.95. The normalized spacial score (nSPS) is 42.0. The highest BCUT2D eigenvalue weighted by Crippen LogP contribution is 2.38. The molecule has 3 heteroatoms. The summed E-state index contributed by atoms with van der Waals surface area (Å²) in [5, 5.41) is 0. The van der Waals surface area contributed by atoms with E-state index in [2.05, 4.69) is 0 Å². The largest absolute Gasteiger partial charge is 0.374 e. The fraction of sp³-hybridized carbons (Fsp3) is 1.00. The summed E-state index contributed by atoms with van der Waals surface area (Å²) >= 11 is 0. The summed E-state index contributed by atoms with van der Waals surface area (Å²) in [4.78, 5) is 0. The molecule has 3 atom stereocenters. The fourth-order valence-corrected chi connectivity index (χ4v) is 3.17. The van der Waals surface area contributed by atoms with Gasteiger partial charge in [0, 0.05) is 6.42 Å². The molecule has 3 fully saturated rings. The van der Waals surface area contributed by atoms with Crippen LogP contribution in [0.4, 0.5) is 0 Å². The standard InChI is InChI=1S/C12H20O3/c1-2-4-11-9(3-1)7-10(15-11)8-12-13-5-6-14-12/h9-12H,1-8H2/t9-,10?,11+/m0/s1. The first-order chi connectivity index (χ1) is 7.42. The van der Waals surface area contributed by atoms with E-state index in [1.54, 1.807) is 0 Å². The molecule has 2 aliphatic heterocycles. The van der Waals surface area contributed by atoms with Crippen molar-refractivity contribution in [3.8, 4) is 0 Å². The number of rotatable bonds is 2. The van der Waals surface area contributed by atoms with Crippen LogP contribution in [0.3, 0.4) is 0 Å². The van der Waals surface area contributed by atoms with Gasteiger partial charge in [-0.25, -0.2) is 0 Å². The molecular weight excluding hydrogens is 192 g/mol. The summed E-state index contributed by atoms with van der Waals surface area (Å²) in [6.45, 7) is 1.51. The zero-order valence-corrected chi connectivity index (χ0v) is 9.19. The molecule has 3 nitrogen and oxygen atoms in total. The Hall–Kier alpha value is -0.120. The predicted octanol–water partition coefficient (Wildman–Crippen LogP) is 2.10. The van der Waals surface area contributed by atoms with E-state index in [9.17, 15) is 0 Å². The molecule has 15 heavy (non-hydrogen) atoms. The topological polar surface area (TPSA) is 27.7 Å². The highest BCUT2D eigenvalue weighted by molar-refractivity contribution is 4.86. The second-order valence-corrected chi connectivity index (χ2v) is 4.98. The third kappa shape index (κ3) is 2.19. The summed E-state index contributed by atoms with van der Waals surface area (Å²) in [6.07, 6.45) is 8.50. The molecule has 0 amide bonds. The van der Waals surface area contributed by atoms with Crippen molar-refractivity contribution in [2.24, 2.45) is 5.92 Å². The quantitative estimate of drug-likeness (QED) is 0.701. The van der Waals surface area contributed by atoms with Gasteiger partial charge in [0.25, 0.3) is 0 Å². The van der Waals surface area contributed by atoms with Crippen LogP contribution in [0.5, 0.6) is 0 Å². The number of ether oxygens (including phenoxy) is 3. The summed E-state index contributed by atoms with van der Waals surface area (Å²) in [7, 11) is 0. The van der Waals surface area contributed by atoms with E-state index >= 15 is 0 Å². The van der Waals surface area contributed by atoms with Gasteiger partial charge in [-0.1, -0.05) is 12.8 Å². The lowest BCUT2D eigenvalue weighted by Gasteiger charge is -2.23. The van der Waals surface area contributed by atoms with Crippen molar-refractivity contribution in [1.82, 2.24) is 0 Å². The van der Waals surface area contributed by atoms with Crippen molar-refractivity contribution in [3.05, 3.63) is 0 Å². The maximum atomic E-state index is 6.07. The van der Waals surface area contributed by atoms with Gasteiger partial charge in [0.15, 0.2) is 6.29 Å². The van der Waals surface area contributed by atoms with Gasteiger partial charge in [0.2, 0.25) is 0 Å². The van der Waals surface area contributed by atoms with Gasteiger partial charge in [-0.3, -0.25) is 0 Å². The molecule has 0 spiro atoms. The average molecular weight is 212 g/mol. The minimum atomic E-state index is 0.00940. The minimum Gasteiger partial charge on any atom is -0.374 e. The molecule has 0 N–H and O–H groups in total. The highest BCUT2D eigenvalue weighted by Gasteiger charge is 2.38. The Morgan fingerprint density at radius 2 is 1.80 bits per heavy atom. The fourth-order valence-electron chi connectivity index (χ4n) is 3.17. The summed E-state index contributed by atoms with van der Waals surface area (Å²) < 4.78 is 17.0. The van der Waals surface area contributed by atoms with Gasteiger partial charge >= 0.3 is 0 Å². The molecule has 2 saturated heterocycles. The van der Waals surface area contributed by atoms with Crippen molar-refractivity contribution in [3.63, 3.8) is 0 Å². The molecule has 1 unspecified atom stereocenters. The lowest BCUT2D eigenvalue weighted by molar-refractivity contribution is -0.0836. The van der Waals surface area contributed by atoms with Gasteiger partial charge in [-0.15, -0.1) is 0 Å². The van der Waals surface area contributed by atoms with Crippen LogP contribution in [0.15, 0.2) is 0 Å². The van der Waals surface area contributed by atoms with E-state index in [0.717, 1.165) is 25.6 Å².